The Balaban J connectivity index is 1.95. The summed E-state index contributed by atoms with van der Waals surface area (Å²) in [5.74, 6) is -0.602. The van der Waals surface area contributed by atoms with Crippen LogP contribution in [0.1, 0.15) is 20.7 Å². The Morgan fingerprint density at radius 2 is 1.00 bits per heavy atom. The summed E-state index contributed by atoms with van der Waals surface area (Å²) in [5.41, 5.74) is 2.25. The molecule has 0 atom stereocenters. The summed E-state index contributed by atoms with van der Waals surface area (Å²) < 4.78 is 0. The van der Waals surface area contributed by atoms with Gasteiger partial charge in [-0.3, -0.25) is 9.59 Å². The molecule has 0 aliphatic carbocycles. The van der Waals surface area contributed by atoms with Crippen LogP contribution in [-0.2, 0) is 0 Å². The summed E-state index contributed by atoms with van der Waals surface area (Å²) in [7, 11) is 12.1. The Bertz CT molecular complexity index is 804. The third kappa shape index (κ3) is 1.49. The van der Waals surface area contributed by atoms with E-state index in [4.69, 9.17) is 16.0 Å². The molecule has 0 unspecified atom stereocenters. The number of nitrogens with zero attached hydrogens (tertiary/aromatic N) is 2. The summed E-state index contributed by atoms with van der Waals surface area (Å²) in [6, 6.07) is 13.9. The number of anilines is 2. The van der Waals surface area contributed by atoms with Gasteiger partial charge in [0, 0.05) is 22.5 Å². The van der Waals surface area contributed by atoms with Crippen molar-refractivity contribution in [1.82, 2.24) is 0 Å². The lowest BCUT2D eigenvalue weighted by atomic mass is 10.1. The van der Waals surface area contributed by atoms with Crippen LogP contribution in [0.2, 0.25) is 0 Å². The summed E-state index contributed by atoms with van der Waals surface area (Å²) in [5, 5.41) is 0. The van der Waals surface area contributed by atoms with Crippen LogP contribution in [0, 0.1) is 0 Å². The number of para-hydroxylation sites is 2. The highest BCUT2D eigenvalue weighted by Gasteiger charge is 2.39. The molecular formula is C16H8B2N2O2. The maximum atomic E-state index is 12.6. The third-order valence-electron chi connectivity index (χ3n) is 3.95. The van der Waals surface area contributed by atoms with Gasteiger partial charge in [-0.05, 0) is 24.3 Å². The van der Waals surface area contributed by atoms with Crippen molar-refractivity contribution in [1.29, 1.82) is 0 Å². The van der Waals surface area contributed by atoms with Crippen LogP contribution in [-0.4, -0.2) is 27.5 Å². The number of fused-ring (bicyclic) bond motifs is 2. The van der Waals surface area contributed by atoms with Crippen LogP contribution >= 0.6 is 0 Å². The zero-order chi connectivity index (χ0) is 15.4. The molecule has 0 amide bonds. The molecule has 0 spiro atoms. The fourth-order valence-electron chi connectivity index (χ4n) is 2.91. The molecule has 2 aliphatic rings. The number of hydrogen-bond acceptors (Lipinski definition) is 4. The van der Waals surface area contributed by atoms with Crippen molar-refractivity contribution in [2.75, 3.05) is 9.62 Å². The van der Waals surface area contributed by atoms with Crippen molar-refractivity contribution in [3.63, 3.8) is 0 Å². The van der Waals surface area contributed by atoms with Gasteiger partial charge in [-0.15, -0.1) is 0 Å². The zero-order valence-electron chi connectivity index (χ0n) is 11.5. The van der Waals surface area contributed by atoms with E-state index in [9.17, 15) is 9.59 Å². The minimum absolute atomic E-state index is 0.102. The fourth-order valence-corrected chi connectivity index (χ4v) is 2.91. The third-order valence-corrected chi connectivity index (χ3v) is 3.95. The van der Waals surface area contributed by atoms with Gasteiger partial charge in [0.25, 0.3) is 0 Å². The molecular weight excluding hydrogens is 274 g/mol. The van der Waals surface area contributed by atoms with Gasteiger partial charge in [0.2, 0.25) is 27.5 Å². The topological polar surface area (TPSA) is 40.6 Å². The van der Waals surface area contributed by atoms with Crippen molar-refractivity contribution in [2.45, 2.75) is 0 Å². The second-order valence-corrected chi connectivity index (χ2v) is 5.13. The van der Waals surface area contributed by atoms with Crippen LogP contribution in [0.4, 0.5) is 11.4 Å². The lowest BCUT2D eigenvalue weighted by Crippen LogP contribution is -2.27. The second-order valence-electron chi connectivity index (χ2n) is 5.13. The maximum Gasteiger partial charge on any atom is 0.235 e. The van der Waals surface area contributed by atoms with Gasteiger partial charge in [-0.1, -0.05) is 24.3 Å². The number of benzene rings is 2. The van der Waals surface area contributed by atoms with Crippen molar-refractivity contribution >= 4 is 38.9 Å². The molecule has 4 nitrogen and oxygen atoms in total. The average Bonchev–Trinajstić information content (AvgIpc) is 2.94. The lowest BCUT2D eigenvalue weighted by Gasteiger charge is -2.21. The maximum absolute atomic E-state index is 12.6. The highest BCUT2D eigenvalue weighted by atomic mass is 16.1. The van der Waals surface area contributed by atoms with E-state index in [0.717, 1.165) is 0 Å². The molecule has 0 saturated heterocycles. The molecule has 4 rings (SSSR count). The summed E-state index contributed by atoms with van der Waals surface area (Å²) >= 11 is 0. The molecule has 4 radical (unpaired) electrons. The van der Waals surface area contributed by atoms with E-state index in [1.54, 1.807) is 48.5 Å². The number of rotatable bonds is 0. The number of allylic oxidation sites excluding steroid dienone is 2. The SMILES string of the molecule is [B]N1/C(=C2\C(=O)c3ccccc3N2[B])C(=O)c2ccccc21. The smallest absolute Gasteiger partial charge is 0.235 e. The Labute approximate surface area is 129 Å². The largest absolute Gasteiger partial charge is 0.392 e. The monoisotopic (exact) mass is 282 g/mol. The van der Waals surface area contributed by atoms with Crippen LogP contribution < -0.4 is 9.62 Å². The molecule has 0 saturated carbocycles. The van der Waals surface area contributed by atoms with Gasteiger partial charge >= 0.3 is 0 Å². The molecule has 0 fully saturated rings. The quantitative estimate of drug-likeness (QED) is 0.545. The molecule has 22 heavy (non-hydrogen) atoms. The van der Waals surface area contributed by atoms with E-state index in [-0.39, 0.29) is 23.0 Å². The van der Waals surface area contributed by atoms with Gasteiger partial charge in [-0.2, -0.15) is 0 Å². The Kier molecular flexibility index (Phi) is 2.57. The van der Waals surface area contributed by atoms with Crippen LogP contribution in [0.3, 0.4) is 0 Å². The predicted molar refractivity (Wildman–Crippen MR) is 85.0 cm³/mol. The van der Waals surface area contributed by atoms with Gasteiger partial charge in [0.15, 0.2) is 0 Å². The number of carbonyl (C=O) groups is 2. The zero-order valence-corrected chi connectivity index (χ0v) is 11.5. The first-order valence-electron chi connectivity index (χ1n) is 6.72. The fraction of sp³-hybridized carbons (Fsp3) is 0. The normalized spacial score (nSPS) is 19.6. The Hall–Kier alpha value is -2.75. The van der Waals surface area contributed by atoms with Crippen molar-refractivity contribution in [2.24, 2.45) is 0 Å². The second kappa shape index (κ2) is 4.37. The van der Waals surface area contributed by atoms with E-state index in [1.807, 2.05) is 0 Å². The van der Waals surface area contributed by atoms with Crippen molar-refractivity contribution in [3.8, 4) is 0 Å². The first kappa shape index (κ1) is 13.0. The molecule has 2 aromatic rings. The van der Waals surface area contributed by atoms with Gasteiger partial charge in [0.05, 0.1) is 0 Å². The Morgan fingerprint density at radius 3 is 1.36 bits per heavy atom. The average molecular weight is 282 g/mol. The van der Waals surface area contributed by atoms with E-state index in [1.165, 1.54) is 9.62 Å². The number of hydrogen-bond donors (Lipinski definition) is 0. The minimum atomic E-state index is -0.301. The summed E-state index contributed by atoms with van der Waals surface area (Å²) in [4.78, 5) is 27.7. The number of carbonyl (C=O) groups excluding carboxylic acids is 2. The number of Topliss-reactive ketones (excluding diaryl/α,β-unsaturated/α-hetero) is 2. The van der Waals surface area contributed by atoms with Crippen LogP contribution in [0.25, 0.3) is 0 Å². The van der Waals surface area contributed by atoms with E-state index < -0.39 is 0 Å². The molecule has 2 aliphatic heterocycles. The van der Waals surface area contributed by atoms with E-state index in [0.29, 0.717) is 22.5 Å². The van der Waals surface area contributed by atoms with Crippen LogP contribution in [0.15, 0.2) is 59.9 Å². The van der Waals surface area contributed by atoms with Crippen molar-refractivity contribution in [3.05, 3.63) is 71.1 Å². The Morgan fingerprint density at radius 1 is 0.636 bits per heavy atom. The highest BCUT2D eigenvalue weighted by molar-refractivity contribution is 6.40. The lowest BCUT2D eigenvalue weighted by molar-refractivity contribution is 0.101. The molecule has 2 aromatic carbocycles. The summed E-state index contributed by atoms with van der Waals surface area (Å²) in [6.07, 6.45) is 0. The van der Waals surface area contributed by atoms with Crippen LogP contribution in [0.5, 0.6) is 0 Å². The summed E-state index contributed by atoms with van der Waals surface area (Å²) in [6.45, 7) is 0. The standard InChI is InChI=1S/C16H8B2N2O2/c17-19-11-7-3-1-5-9(11)15(21)13(19)14-16(22)10-6-2-4-8-12(10)20(14)18/h1-8H/b14-13+. The van der Waals surface area contributed by atoms with Crippen molar-refractivity contribution < 1.29 is 9.59 Å². The molecule has 0 bridgehead atoms. The predicted octanol–water partition coefficient (Wildman–Crippen LogP) is 1.77. The minimum Gasteiger partial charge on any atom is -0.392 e. The molecule has 6 heteroatoms. The molecule has 100 valence electrons. The first-order valence-corrected chi connectivity index (χ1v) is 6.72. The highest BCUT2D eigenvalue weighted by Crippen LogP contribution is 2.40. The van der Waals surface area contributed by atoms with E-state index >= 15 is 0 Å². The first-order chi connectivity index (χ1) is 10.6. The molecule has 0 aromatic heterocycles. The molecule has 2 heterocycles. The van der Waals surface area contributed by atoms with Gasteiger partial charge in [0.1, 0.15) is 11.4 Å². The van der Waals surface area contributed by atoms with Gasteiger partial charge in [-0.25, -0.2) is 0 Å². The van der Waals surface area contributed by atoms with Gasteiger partial charge < -0.3 is 9.62 Å². The number of ketones is 2. The molecule has 0 N–H and O–H groups in total. The van der Waals surface area contributed by atoms with E-state index in [2.05, 4.69) is 0 Å².